The number of ether oxygens (including phenoxy) is 1. The molecule has 2 heterocycles. The van der Waals surface area contributed by atoms with Crippen LogP contribution < -0.4 is 10.5 Å². The molecular formula is C10H15N3O3S. The van der Waals surface area contributed by atoms with Crippen molar-refractivity contribution in [3.63, 3.8) is 0 Å². The van der Waals surface area contributed by atoms with Crippen molar-refractivity contribution in [3.8, 4) is 0 Å². The monoisotopic (exact) mass is 257 g/mol. The van der Waals surface area contributed by atoms with Crippen molar-refractivity contribution in [2.45, 2.75) is 23.9 Å². The molecular weight excluding hydrogens is 242 g/mol. The second-order valence-corrected chi connectivity index (χ2v) is 5.56. The Hall–Kier alpha value is -1.18. The van der Waals surface area contributed by atoms with E-state index in [1.807, 2.05) is 0 Å². The highest BCUT2D eigenvalue weighted by molar-refractivity contribution is 7.89. The van der Waals surface area contributed by atoms with Gasteiger partial charge in [-0.25, -0.2) is 18.1 Å². The Morgan fingerprint density at radius 1 is 1.53 bits per heavy atom. The van der Waals surface area contributed by atoms with Crippen LogP contribution in [-0.4, -0.2) is 32.7 Å². The first-order valence-corrected chi connectivity index (χ1v) is 6.88. The fourth-order valence-electron chi connectivity index (χ4n) is 1.74. The summed E-state index contributed by atoms with van der Waals surface area (Å²) >= 11 is 0. The third kappa shape index (κ3) is 2.93. The third-order valence-electron chi connectivity index (χ3n) is 2.54. The van der Waals surface area contributed by atoms with E-state index < -0.39 is 10.0 Å². The first-order valence-electron chi connectivity index (χ1n) is 5.40. The Bertz CT molecular complexity index is 483. The van der Waals surface area contributed by atoms with Crippen LogP contribution in [0.1, 0.15) is 12.8 Å². The molecule has 0 aliphatic carbocycles. The number of nitrogens with two attached hydrogens (primary N) is 1. The van der Waals surface area contributed by atoms with E-state index >= 15 is 0 Å². The van der Waals surface area contributed by atoms with Crippen molar-refractivity contribution < 1.29 is 13.2 Å². The number of sulfonamides is 1. The summed E-state index contributed by atoms with van der Waals surface area (Å²) in [6.45, 7) is 1.08. The molecule has 3 N–H and O–H groups in total. The number of nitrogen functional groups attached to an aromatic ring is 1. The van der Waals surface area contributed by atoms with Crippen molar-refractivity contribution in [1.29, 1.82) is 0 Å². The summed E-state index contributed by atoms with van der Waals surface area (Å²) in [4.78, 5) is 3.80. The highest BCUT2D eigenvalue weighted by atomic mass is 32.2. The van der Waals surface area contributed by atoms with Crippen LogP contribution in [0.2, 0.25) is 0 Å². The lowest BCUT2D eigenvalue weighted by molar-refractivity contribution is 0.0774. The zero-order valence-corrected chi connectivity index (χ0v) is 10.1. The van der Waals surface area contributed by atoms with Crippen molar-refractivity contribution in [2.75, 3.05) is 18.9 Å². The molecule has 1 aromatic heterocycles. The van der Waals surface area contributed by atoms with Crippen molar-refractivity contribution in [3.05, 3.63) is 18.3 Å². The summed E-state index contributed by atoms with van der Waals surface area (Å²) in [5, 5.41) is -0.120. The molecule has 1 atom stereocenters. The van der Waals surface area contributed by atoms with Crippen LogP contribution in [0.5, 0.6) is 0 Å². The van der Waals surface area contributed by atoms with Gasteiger partial charge in [0, 0.05) is 18.8 Å². The molecule has 1 aliphatic rings. The topological polar surface area (TPSA) is 94.3 Å². The minimum atomic E-state index is -3.66. The van der Waals surface area contributed by atoms with Crippen LogP contribution in [0.15, 0.2) is 23.4 Å². The maximum absolute atomic E-state index is 12.0. The van der Waals surface area contributed by atoms with Gasteiger partial charge in [-0.2, -0.15) is 0 Å². The predicted molar refractivity (Wildman–Crippen MR) is 62.8 cm³/mol. The molecule has 2 rings (SSSR count). The van der Waals surface area contributed by atoms with Crippen LogP contribution in [0.3, 0.4) is 0 Å². The quantitative estimate of drug-likeness (QED) is 0.802. The zero-order chi connectivity index (χ0) is 12.3. The lowest BCUT2D eigenvalue weighted by Gasteiger charge is -2.22. The Morgan fingerprint density at radius 2 is 2.35 bits per heavy atom. The fraction of sp³-hybridized carbons (Fsp3) is 0.500. The van der Waals surface area contributed by atoms with E-state index in [1.165, 1.54) is 12.3 Å². The van der Waals surface area contributed by atoms with Gasteiger partial charge in [-0.05, 0) is 25.0 Å². The summed E-state index contributed by atoms with van der Waals surface area (Å²) < 4.78 is 31.8. The number of hydrogen-bond acceptors (Lipinski definition) is 5. The minimum Gasteiger partial charge on any atom is -0.396 e. The molecule has 7 heteroatoms. The Kier molecular flexibility index (Phi) is 3.60. The van der Waals surface area contributed by atoms with Gasteiger partial charge >= 0.3 is 0 Å². The SMILES string of the molecule is Nc1cccnc1S(=O)(=O)NC1CCCOC1. The molecule has 0 radical (unpaired) electrons. The molecule has 6 nitrogen and oxygen atoms in total. The molecule has 1 fully saturated rings. The molecule has 17 heavy (non-hydrogen) atoms. The predicted octanol–water partition coefficient (Wildman–Crippen LogP) is 0.121. The Balaban J connectivity index is 2.16. The van der Waals surface area contributed by atoms with Gasteiger partial charge in [-0.1, -0.05) is 0 Å². The summed E-state index contributed by atoms with van der Waals surface area (Å²) in [6.07, 6.45) is 3.03. The fourth-order valence-corrected chi connectivity index (χ4v) is 3.05. The van der Waals surface area contributed by atoms with Crippen molar-refractivity contribution in [2.24, 2.45) is 0 Å². The number of nitrogens with zero attached hydrogens (tertiary/aromatic N) is 1. The summed E-state index contributed by atoms with van der Waals surface area (Å²) in [6, 6.07) is 2.91. The lowest BCUT2D eigenvalue weighted by atomic mass is 10.1. The number of nitrogens with one attached hydrogen (secondary N) is 1. The molecule has 1 unspecified atom stereocenters. The average molecular weight is 257 g/mol. The van der Waals surface area contributed by atoms with Gasteiger partial charge in [0.05, 0.1) is 12.3 Å². The van der Waals surface area contributed by atoms with Crippen LogP contribution >= 0.6 is 0 Å². The van der Waals surface area contributed by atoms with Crippen LogP contribution in [-0.2, 0) is 14.8 Å². The number of hydrogen-bond donors (Lipinski definition) is 2. The van der Waals surface area contributed by atoms with Crippen LogP contribution in [0, 0.1) is 0 Å². The van der Waals surface area contributed by atoms with E-state index in [0.717, 1.165) is 12.8 Å². The van der Waals surface area contributed by atoms with Crippen molar-refractivity contribution >= 4 is 15.7 Å². The molecule has 0 bridgehead atoms. The van der Waals surface area contributed by atoms with Gasteiger partial charge in [0.2, 0.25) is 0 Å². The first-order chi connectivity index (χ1) is 8.09. The lowest BCUT2D eigenvalue weighted by Crippen LogP contribution is -2.41. The highest BCUT2D eigenvalue weighted by Gasteiger charge is 2.24. The van der Waals surface area contributed by atoms with E-state index in [0.29, 0.717) is 13.2 Å². The van der Waals surface area contributed by atoms with E-state index in [4.69, 9.17) is 10.5 Å². The standard InChI is InChI=1S/C10H15N3O3S/c11-9-4-1-5-12-10(9)17(14,15)13-8-3-2-6-16-7-8/h1,4-5,8,13H,2-3,6-7,11H2. The maximum Gasteiger partial charge on any atom is 0.260 e. The zero-order valence-electron chi connectivity index (χ0n) is 9.30. The summed E-state index contributed by atoms with van der Waals surface area (Å²) in [7, 11) is -3.66. The molecule has 0 aromatic carbocycles. The Labute approximate surface area is 100 Å². The van der Waals surface area contributed by atoms with E-state index in [1.54, 1.807) is 6.07 Å². The van der Waals surface area contributed by atoms with Gasteiger partial charge in [0.15, 0.2) is 5.03 Å². The average Bonchev–Trinajstić information content (AvgIpc) is 2.30. The number of rotatable bonds is 3. The number of pyridine rings is 1. The maximum atomic E-state index is 12.0. The van der Waals surface area contributed by atoms with E-state index in [2.05, 4.69) is 9.71 Å². The van der Waals surface area contributed by atoms with Gasteiger partial charge in [0.1, 0.15) is 0 Å². The molecule has 0 amide bonds. The van der Waals surface area contributed by atoms with E-state index in [9.17, 15) is 8.42 Å². The Morgan fingerprint density at radius 3 is 3.00 bits per heavy atom. The second kappa shape index (κ2) is 4.99. The molecule has 0 saturated carbocycles. The van der Waals surface area contributed by atoms with Gasteiger partial charge in [-0.3, -0.25) is 0 Å². The molecule has 0 spiro atoms. The van der Waals surface area contributed by atoms with Gasteiger partial charge in [0.25, 0.3) is 10.0 Å². The molecule has 1 aliphatic heterocycles. The number of anilines is 1. The second-order valence-electron chi connectivity index (χ2n) is 3.93. The molecule has 1 aromatic rings. The van der Waals surface area contributed by atoms with Gasteiger partial charge < -0.3 is 10.5 Å². The highest BCUT2D eigenvalue weighted by Crippen LogP contribution is 2.16. The minimum absolute atomic E-state index is 0.120. The molecule has 94 valence electrons. The van der Waals surface area contributed by atoms with Gasteiger partial charge in [-0.15, -0.1) is 0 Å². The molecule has 1 saturated heterocycles. The smallest absolute Gasteiger partial charge is 0.260 e. The summed E-state index contributed by atoms with van der Waals surface area (Å²) in [5.74, 6) is 0. The van der Waals surface area contributed by atoms with Crippen LogP contribution in [0.25, 0.3) is 0 Å². The van der Waals surface area contributed by atoms with Crippen LogP contribution in [0.4, 0.5) is 5.69 Å². The normalized spacial score (nSPS) is 21.3. The van der Waals surface area contributed by atoms with E-state index in [-0.39, 0.29) is 16.8 Å². The largest absolute Gasteiger partial charge is 0.396 e. The summed E-state index contributed by atoms with van der Waals surface area (Å²) in [5.41, 5.74) is 5.75. The first kappa shape index (κ1) is 12.3. The number of aromatic nitrogens is 1. The third-order valence-corrected chi connectivity index (χ3v) is 4.03. The van der Waals surface area contributed by atoms with Crippen molar-refractivity contribution in [1.82, 2.24) is 9.71 Å².